The monoisotopic (exact) mass is 413 g/mol. The largest absolute Gasteiger partial charge is 0.361 e. The van der Waals surface area contributed by atoms with Crippen molar-refractivity contribution in [2.45, 2.75) is 38.3 Å². The quantitative estimate of drug-likeness (QED) is 0.513. The van der Waals surface area contributed by atoms with Gasteiger partial charge >= 0.3 is 0 Å². The molecule has 0 radical (unpaired) electrons. The molecule has 0 bridgehead atoms. The minimum absolute atomic E-state index is 0.206. The Balaban J connectivity index is 1.65. The first kappa shape index (κ1) is 21.4. The minimum Gasteiger partial charge on any atom is -0.361 e. The van der Waals surface area contributed by atoms with Crippen molar-refractivity contribution < 1.29 is 19.2 Å². The van der Waals surface area contributed by atoms with Gasteiger partial charge in [-0.3, -0.25) is 19.2 Å². The maximum Gasteiger partial charge on any atom is 0.243 e. The lowest BCUT2D eigenvalue weighted by atomic mass is 10.0. The van der Waals surface area contributed by atoms with E-state index in [1.165, 1.54) is 18.9 Å². The Morgan fingerprint density at radius 2 is 2.00 bits per heavy atom. The van der Waals surface area contributed by atoms with Gasteiger partial charge in [-0.1, -0.05) is 18.2 Å². The molecule has 1 aromatic carbocycles. The zero-order valence-corrected chi connectivity index (χ0v) is 17.2. The van der Waals surface area contributed by atoms with Crippen LogP contribution in [0.25, 0.3) is 10.9 Å². The van der Waals surface area contributed by atoms with Crippen molar-refractivity contribution >= 4 is 34.5 Å². The number of nitrogens with zero attached hydrogens (tertiary/aromatic N) is 1. The van der Waals surface area contributed by atoms with Gasteiger partial charge in [-0.05, 0) is 24.5 Å². The number of benzene rings is 1. The van der Waals surface area contributed by atoms with E-state index in [0.717, 1.165) is 22.9 Å². The van der Waals surface area contributed by atoms with Gasteiger partial charge in [-0.25, -0.2) is 0 Å². The number of para-hydroxylation sites is 1. The summed E-state index contributed by atoms with van der Waals surface area (Å²) in [6, 6.07) is 6.38. The summed E-state index contributed by atoms with van der Waals surface area (Å²) in [6.45, 7) is 1.60. The molecule has 0 aliphatic carbocycles. The van der Waals surface area contributed by atoms with Crippen LogP contribution in [-0.4, -0.2) is 65.7 Å². The summed E-state index contributed by atoms with van der Waals surface area (Å²) in [5, 5.41) is 8.81. The highest BCUT2D eigenvalue weighted by atomic mass is 16.2. The molecule has 1 aromatic heterocycles. The van der Waals surface area contributed by atoms with E-state index < -0.39 is 18.0 Å². The van der Waals surface area contributed by atoms with Crippen LogP contribution in [-0.2, 0) is 25.6 Å². The Kier molecular flexibility index (Phi) is 6.71. The minimum atomic E-state index is -0.817. The molecule has 3 rings (SSSR count). The number of hydrogen-bond donors (Lipinski definition) is 4. The second-order valence-electron chi connectivity index (χ2n) is 7.39. The number of carbonyl (C=O) groups excluding carboxylic acids is 4. The van der Waals surface area contributed by atoms with Crippen LogP contribution < -0.4 is 16.0 Å². The molecule has 2 unspecified atom stereocenters. The summed E-state index contributed by atoms with van der Waals surface area (Å²) >= 11 is 0. The van der Waals surface area contributed by atoms with Crippen molar-refractivity contribution in [3.05, 3.63) is 36.0 Å². The zero-order valence-electron chi connectivity index (χ0n) is 17.2. The number of likely N-dealkylation sites (tertiary alicyclic amines) is 1. The summed E-state index contributed by atoms with van der Waals surface area (Å²) in [5.74, 6) is -1.30. The first-order chi connectivity index (χ1) is 14.4. The number of H-pyrrole nitrogens is 1. The molecule has 4 N–H and O–H groups in total. The number of rotatable bonds is 7. The Morgan fingerprint density at radius 1 is 1.23 bits per heavy atom. The number of aromatic amines is 1. The average Bonchev–Trinajstić information content (AvgIpc) is 3.38. The topological polar surface area (TPSA) is 123 Å². The molecule has 0 saturated carbocycles. The SMILES string of the molecule is CNC(=O)C1CCCN1C(=O)CNC(=O)C(Cc1c[nH]c2ccccc12)NC(C)=O. The number of amides is 4. The fourth-order valence-corrected chi connectivity index (χ4v) is 3.87. The number of likely N-dealkylation sites (N-methyl/N-ethyl adjacent to an activating group) is 1. The molecule has 4 amide bonds. The molecule has 1 aliphatic heterocycles. The summed E-state index contributed by atoms with van der Waals surface area (Å²) in [6.07, 6.45) is 3.45. The van der Waals surface area contributed by atoms with Gasteiger partial charge in [-0.15, -0.1) is 0 Å². The molecule has 160 valence electrons. The van der Waals surface area contributed by atoms with Gasteiger partial charge in [0.15, 0.2) is 0 Å². The first-order valence-corrected chi connectivity index (χ1v) is 10.0. The third kappa shape index (κ3) is 4.79. The lowest BCUT2D eigenvalue weighted by Gasteiger charge is -2.24. The predicted molar refractivity (Wildman–Crippen MR) is 111 cm³/mol. The van der Waals surface area contributed by atoms with E-state index in [-0.39, 0.29) is 30.7 Å². The van der Waals surface area contributed by atoms with Gasteiger partial charge in [0.1, 0.15) is 12.1 Å². The first-order valence-electron chi connectivity index (χ1n) is 10.0. The predicted octanol–water partition coefficient (Wildman–Crippen LogP) is 0.0683. The van der Waals surface area contributed by atoms with Crippen LogP contribution in [0.3, 0.4) is 0 Å². The number of hydrogen-bond acceptors (Lipinski definition) is 4. The van der Waals surface area contributed by atoms with Gasteiger partial charge in [0.2, 0.25) is 23.6 Å². The molecule has 0 spiro atoms. The van der Waals surface area contributed by atoms with E-state index >= 15 is 0 Å². The van der Waals surface area contributed by atoms with Crippen molar-refractivity contribution in [2.24, 2.45) is 0 Å². The molecule has 2 heterocycles. The van der Waals surface area contributed by atoms with Crippen LogP contribution in [0.1, 0.15) is 25.3 Å². The highest BCUT2D eigenvalue weighted by Crippen LogP contribution is 2.19. The number of aromatic nitrogens is 1. The Morgan fingerprint density at radius 3 is 2.73 bits per heavy atom. The fraction of sp³-hybridized carbons (Fsp3) is 0.429. The van der Waals surface area contributed by atoms with Crippen LogP contribution in [0.15, 0.2) is 30.5 Å². The number of nitrogens with one attached hydrogen (secondary N) is 4. The molecule has 2 atom stereocenters. The Labute approximate surface area is 174 Å². The van der Waals surface area contributed by atoms with E-state index in [0.29, 0.717) is 13.0 Å². The highest BCUT2D eigenvalue weighted by molar-refractivity contribution is 5.93. The molecular formula is C21H27N5O4. The van der Waals surface area contributed by atoms with Gasteiger partial charge in [0.25, 0.3) is 0 Å². The van der Waals surface area contributed by atoms with Crippen LogP contribution in [0.5, 0.6) is 0 Å². The van der Waals surface area contributed by atoms with E-state index in [9.17, 15) is 19.2 Å². The number of fused-ring (bicyclic) bond motifs is 1. The van der Waals surface area contributed by atoms with Gasteiger partial charge in [-0.2, -0.15) is 0 Å². The van der Waals surface area contributed by atoms with Crippen molar-refractivity contribution in [1.29, 1.82) is 0 Å². The van der Waals surface area contributed by atoms with E-state index in [4.69, 9.17) is 0 Å². The van der Waals surface area contributed by atoms with Crippen LogP contribution >= 0.6 is 0 Å². The second kappa shape index (κ2) is 9.43. The van der Waals surface area contributed by atoms with Crippen LogP contribution in [0, 0.1) is 0 Å². The zero-order chi connectivity index (χ0) is 21.7. The highest BCUT2D eigenvalue weighted by Gasteiger charge is 2.33. The summed E-state index contributed by atoms with van der Waals surface area (Å²) in [5.41, 5.74) is 1.84. The lowest BCUT2D eigenvalue weighted by Crippen LogP contribution is -2.52. The van der Waals surface area contributed by atoms with Crippen LogP contribution in [0.4, 0.5) is 0 Å². The van der Waals surface area contributed by atoms with E-state index in [2.05, 4.69) is 20.9 Å². The van der Waals surface area contributed by atoms with E-state index in [1.54, 1.807) is 0 Å². The Bertz CT molecular complexity index is 954. The molecule has 1 saturated heterocycles. The molecule has 2 aromatic rings. The standard InChI is InChI=1S/C21H27N5O4/c1-13(27)25-17(10-14-11-23-16-7-4-3-6-15(14)16)20(29)24-12-19(28)26-9-5-8-18(26)21(30)22-2/h3-4,6-7,11,17-18,23H,5,8-10,12H2,1-2H3,(H,22,30)(H,24,29)(H,25,27). The lowest BCUT2D eigenvalue weighted by molar-refractivity contribution is -0.138. The summed E-state index contributed by atoms with van der Waals surface area (Å²) < 4.78 is 0. The van der Waals surface area contributed by atoms with Crippen molar-refractivity contribution in [3.8, 4) is 0 Å². The van der Waals surface area contributed by atoms with Gasteiger partial charge in [0, 0.05) is 44.0 Å². The summed E-state index contributed by atoms with van der Waals surface area (Å²) in [4.78, 5) is 53.5. The molecule has 1 aliphatic rings. The second-order valence-corrected chi connectivity index (χ2v) is 7.39. The normalized spacial score (nSPS) is 16.9. The fourth-order valence-electron chi connectivity index (χ4n) is 3.87. The average molecular weight is 413 g/mol. The van der Waals surface area contributed by atoms with E-state index in [1.807, 2.05) is 30.5 Å². The Hall–Kier alpha value is -3.36. The van der Waals surface area contributed by atoms with Gasteiger partial charge in [0.05, 0.1) is 6.54 Å². The third-order valence-electron chi connectivity index (χ3n) is 5.33. The molecule has 30 heavy (non-hydrogen) atoms. The number of carbonyl (C=O) groups is 4. The third-order valence-corrected chi connectivity index (χ3v) is 5.33. The molecule has 1 fully saturated rings. The molecule has 9 heteroatoms. The van der Waals surface area contributed by atoms with Crippen molar-refractivity contribution in [1.82, 2.24) is 25.8 Å². The van der Waals surface area contributed by atoms with Gasteiger partial charge < -0.3 is 25.8 Å². The molecule has 9 nitrogen and oxygen atoms in total. The maximum absolute atomic E-state index is 12.7. The molecular weight excluding hydrogens is 386 g/mol. The summed E-state index contributed by atoms with van der Waals surface area (Å²) in [7, 11) is 1.54. The smallest absolute Gasteiger partial charge is 0.243 e. The van der Waals surface area contributed by atoms with Crippen molar-refractivity contribution in [2.75, 3.05) is 20.1 Å². The van der Waals surface area contributed by atoms with Crippen molar-refractivity contribution in [3.63, 3.8) is 0 Å². The maximum atomic E-state index is 12.7. The van der Waals surface area contributed by atoms with Crippen LogP contribution in [0.2, 0.25) is 0 Å².